The van der Waals surface area contributed by atoms with Gasteiger partial charge in [-0.1, -0.05) is 6.42 Å². The van der Waals surface area contributed by atoms with Crippen molar-refractivity contribution in [3.63, 3.8) is 0 Å². The predicted molar refractivity (Wildman–Crippen MR) is 47.1 cm³/mol. The van der Waals surface area contributed by atoms with Crippen LogP contribution in [0, 0.1) is 0 Å². The fourth-order valence-corrected chi connectivity index (χ4v) is 1.37. The van der Waals surface area contributed by atoms with E-state index in [9.17, 15) is 4.79 Å². The van der Waals surface area contributed by atoms with Gasteiger partial charge in [0.25, 0.3) is 5.91 Å². The molecule has 4 nitrogen and oxygen atoms in total. The number of hydrogen-bond acceptors (Lipinski definition) is 3. The smallest absolute Gasteiger partial charge is 0.267 e. The fourth-order valence-electron chi connectivity index (χ4n) is 1.37. The van der Waals surface area contributed by atoms with Gasteiger partial charge in [-0.3, -0.25) is 4.79 Å². The van der Waals surface area contributed by atoms with E-state index in [1.165, 1.54) is 6.42 Å². The number of carbonyl (C=O) groups is 1. The Labute approximate surface area is 76.2 Å². The third-order valence-corrected chi connectivity index (χ3v) is 2.40. The number of aromatic nitrogens is 2. The van der Waals surface area contributed by atoms with Crippen molar-refractivity contribution in [2.24, 2.45) is 5.73 Å². The van der Waals surface area contributed by atoms with Gasteiger partial charge in [0, 0.05) is 12.1 Å². The second-order valence-electron chi connectivity index (χ2n) is 3.29. The van der Waals surface area contributed by atoms with Gasteiger partial charge in [0.2, 0.25) is 0 Å². The topological polar surface area (TPSA) is 68.9 Å². The second-order valence-corrected chi connectivity index (χ2v) is 3.29. The molecule has 1 aliphatic rings. The zero-order valence-corrected chi connectivity index (χ0v) is 7.23. The Balaban J connectivity index is 2.26. The van der Waals surface area contributed by atoms with Gasteiger partial charge in [-0.15, -0.1) is 0 Å². The summed E-state index contributed by atoms with van der Waals surface area (Å²) in [5, 5.41) is 0. The van der Waals surface area contributed by atoms with Crippen LogP contribution in [0.4, 0.5) is 0 Å². The van der Waals surface area contributed by atoms with Gasteiger partial charge in [0.1, 0.15) is 11.5 Å². The Bertz CT molecular complexity index is 333. The molecule has 1 fully saturated rings. The highest BCUT2D eigenvalue weighted by Gasteiger charge is 2.22. The Kier molecular flexibility index (Phi) is 1.96. The monoisotopic (exact) mass is 177 g/mol. The van der Waals surface area contributed by atoms with Gasteiger partial charge in [-0.2, -0.15) is 0 Å². The molecular formula is C9H11N3O. The third kappa shape index (κ3) is 1.52. The highest BCUT2D eigenvalue weighted by molar-refractivity contribution is 5.90. The van der Waals surface area contributed by atoms with Crippen LogP contribution in [0.3, 0.4) is 0 Å². The molecule has 1 aliphatic carbocycles. The average Bonchev–Trinajstić information content (AvgIpc) is 2.01. The summed E-state index contributed by atoms with van der Waals surface area (Å²) in [4.78, 5) is 19.0. The van der Waals surface area contributed by atoms with E-state index >= 15 is 0 Å². The lowest BCUT2D eigenvalue weighted by atomic mass is 9.85. The van der Waals surface area contributed by atoms with Crippen molar-refractivity contribution in [3.8, 4) is 0 Å². The van der Waals surface area contributed by atoms with Crippen molar-refractivity contribution in [2.75, 3.05) is 0 Å². The summed E-state index contributed by atoms with van der Waals surface area (Å²) in [5.41, 5.74) is 5.43. The Hall–Kier alpha value is -1.45. The maximum absolute atomic E-state index is 10.8. The molecule has 0 aromatic carbocycles. The average molecular weight is 177 g/mol. The molecule has 1 amide bonds. The molecule has 4 heteroatoms. The molecular weight excluding hydrogens is 166 g/mol. The first kappa shape index (κ1) is 8.16. The number of rotatable bonds is 2. The van der Waals surface area contributed by atoms with Crippen LogP contribution in [0.5, 0.6) is 0 Å². The summed E-state index contributed by atoms with van der Waals surface area (Å²) in [7, 11) is 0. The van der Waals surface area contributed by atoms with Crippen molar-refractivity contribution < 1.29 is 4.79 Å². The minimum atomic E-state index is -0.483. The lowest BCUT2D eigenvalue weighted by Gasteiger charge is -2.23. The molecule has 0 aliphatic heterocycles. The van der Waals surface area contributed by atoms with Crippen molar-refractivity contribution in [3.05, 3.63) is 23.8 Å². The van der Waals surface area contributed by atoms with Crippen LogP contribution in [-0.4, -0.2) is 15.9 Å². The first-order valence-electron chi connectivity index (χ1n) is 4.40. The number of nitrogens with zero attached hydrogens (tertiary/aromatic N) is 2. The van der Waals surface area contributed by atoms with Gasteiger partial charge in [0.05, 0.1) is 0 Å². The standard InChI is InChI=1S/C9H11N3O/c10-8(13)7-4-5-11-9(12-7)6-2-1-3-6/h4-6H,1-3H2,(H2,10,13). The minimum absolute atomic E-state index is 0.317. The molecule has 0 bridgehead atoms. The maximum atomic E-state index is 10.8. The number of amides is 1. The zero-order valence-electron chi connectivity index (χ0n) is 7.23. The summed E-state index contributed by atoms with van der Waals surface area (Å²) in [5.74, 6) is 0.727. The van der Waals surface area contributed by atoms with E-state index in [0.29, 0.717) is 11.6 Å². The molecule has 13 heavy (non-hydrogen) atoms. The second kappa shape index (κ2) is 3.12. The van der Waals surface area contributed by atoms with Gasteiger partial charge in [0.15, 0.2) is 0 Å². The van der Waals surface area contributed by atoms with E-state index in [4.69, 9.17) is 5.73 Å². The lowest BCUT2D eigenvalue weighted by molar-refractivity contribution is 0.0995. The molecule has 0 atom stereocenters. The first-order valence-corrected chi connectivity index (χ1v) is 4.40. The summed E-state index contributed by atoms with van der Waals surface area (Å²) in [6.07, 6.45) is 5.08. The van der Waals surface area contributed by atoms with Crippen molar-refractivity contribution in [2.45, 2.75) is 25.2 Å². The fraction of sp³-hybridized carbons (Fsp3) is 0.444. The highest BCUT2D eigenvalue weighted by Crippen LogP contribution is 2.33. The minimum Gasteiger partial charge on any atom is -0.364 e. The van der Waals surface area contributed by atoms with Crippen LogP contribution < -0.4 is 5.73 Å². The normalized spacial score (nSPS) is 16.6. The van der Waals surface area contributed by atoms with Gasteiger partial charge in [-0.05, 0) is 18.9 Å². The number of nitrogens with two attached hydrogens (primary N) is 1. The largest absolute Gasteiger partial charge is 0.364 e. The van der Waals surface area contributed by atoms with E-state index in [1.807, 2.05) is 0 Å². The Morgan fingerprint density at radius 2 is 2.31 bits per heavy atom. The first-order chi connectivity index (χ1) is 6.27. The van der Waals surface area contributed by atoms with E-state index in [2.05, 4.69) is 9.97 Å². The van der Waals surface area contributed by atoms with E-state index < -0.39 is 5.91 Å². The molecule has 0 unspecified atom stereocenters. The molecule has 0 spiro atoms. The molecule has 1 aromatic rings. The number of hydrogen-bond donors (Lipinski definition) is 1. The maximum Gasteiger partial charge on any atom is 0.267 e. The van der Waals surface area contributed by atoms with E-state index in [1.54, 1.807) is 12.3 Å². The van der Waals surface area contributed by atoms with Crippen LogP contribution in [-0.2, 0) is 0 Å². The van der Waals surface area contributed by atoms with Crippen LogP contribution in [0.15, 0.2) is 12.3 Å². The predicted octanol–water partition coefficient (Wildman–Crippen LogP) is 0.843. The van der Waals surface area contributed by atoms with Gasteiger partial charge >= 0.3 is 0 Å². The summed E-state index contributed by atoms with van der Waals surface area (Å²) in [6.45, 7) is 0. The SMILES string of the molecule is NC(=O)c1ccnc(C2CCC2)n1. The molecule has 1 heterocycles. The molecule has 1 saturated carbocycles. The summed E-state index contributed by atoms with van der Waals surface area (Å²) in [6, 6.07) is 1.55. The Morgan fingerprint density at radius 1 is 1.54 bits per heavy atom. The molecule has 2 N–H and O–H groups in total. The van der Waals surface area contributed by atoms with Crippen molar-refractivity contribution in [1.29, 1.82) is 0 Å². The quantitative estimate of drug-likeness (QED) is 0.727. The third-order valence-electron chi connectivity index (χ3n) is 2.40. The highest BCUT2D eigenvalue weighted by atomic mass is 16.1. The molecule has 0 radical (unpaired) electrons. The zero-order chi connectivity index (χ0) is 9.26. The van der Waals surface area contributed by atoms with Gasteiger partial charge in [-0.25, -0.2) is 9.97 Å². The number of primary amides is 1. The van der Waals surface area contributed by atoms with E-state index in [0.717, 1.165) is 18.7 Å². The van der Waals surface area contributed by atoms with Crippen molar-refractivity contribution in [1.82, 2.24) is 9.97 Å². The van der Waals surface area contributed by atoms with E-state index in [-0.39, 0.29) is 0 Å². The number of carbonyl (C=O) groups excluding carboxylic acids is 1. The molecule has 68 valence electrons. The molecule has 0 saturated heterocycles. The van der Waals surface area contributed by atoms with Crippen LogP contribution in [0.25, 0.3) is 0 Å². The Morgan fingerprint density at radius 3 is 2.85 bits per heavy atom. The van der Waals surface area contributed by atoms with Crippen LogP contribution in [0.2, 0.25) is 0 Å². The van der Waals surface area contributed by atoms with Crippen LogP contribution in [0.1, 0.15) is 41.5 Å². The molecule has 2 rings (SSSR count). The van der Waals surface area contributed by atoms with Crippen molar-refractivity contribution >= 4 is 5.91 Å². The lowest BCUT2D eigenvalue weighted by Crippen LogP contribution is -2.18. The molecule has 1 aromatic heterocycles. The van der Waals surface area contributed by atoms with Crippen LogP contribution >= 0.6 is 0 Å². The van der Waals surface area contributed by atoms with Gasteiger partial charge < -0.3 is 5.73 Å². The summed E-state index contributed by atoms with van der Waals surface area (Å²) >= 11 is 0. The summed E-state index contributed by atoms with van der Waals surface area (Å²) < 4.78 is 0.